The lowest BCUT2D eigenvalue weighted by molar-refractivity contribution is 0.0422. The molecule has 0 heterocycles. The lowest BCUT2D eigenvalue weighted by Gasteiger charge is -2.40. The standard InChI is InChI=1S/C9H18OS/c1-2-11-7-6-9(8-10)4-3-5-9/h10H,2-8H2,1H3. The Balaban J connectivity index is 2.11. The number of hydrogen-bond acceptors (Lipinski definition) is 2. The zero-order valence-corrected chi connectivity index (χ0v) is 8.12. The highest BCUT2D eigenvalue weighted by Gasteiger charge is 2.35. The summed E-state index contributed by atoms with van der Waals surface area (Å²) in [7, 11) is 0. The minimum absolute atomic E-state index is 0.349. The lowest BCUT2D eigenvalue weighted by atomic mass is 9.68. The second-order valence-electron chi connectivity index (χ2n) is 3.46. The molecule has 66 valence electrons. The summed E-state index contributed by atoms with van der Waals surface area (Å²) in [6, 6.07) is 0. The van der Waals surface area contributed by atoms with E-state index in [1.807, 2.05) is 11.8 Å². The average Bonchev–Trinajstić information content (AvgIpc) is 1.95. The maximum Gasteiger partial charge on any atom is 0.0487 e. The van der Waals surface area contributed by atoms with Gasteiger partial charge in [0.25, 0.3) is 0 Å². The maximum absolute atomic E-state index is 9.13. The van der Waals surface area contributed by atoms with Gasteiger partial charge in [-0.1, -0.05) is 13.3 Å². The Hall–Kier alpha value is 0.310. The molecule has 0 aromatic rings. The van der Waals surface area contributed by atoms with Gasteiger partial charge in [-0.05, 0) is 36.2 Å². The predicted octanol–water partition coefficient (Wildman–Crippen LogP) is 2.29. The van der Waals surface area contributed by atoms with Crippen molar-refractivity contribution in [3.05, 3.63) is 0 Å². The van der Waals surface area contributed by atoms with Gasteiger partial charge in [0.1, 0.15) is 0 Å². The zero-order chi connectivity index (χ0) is 8.16. The van der Waals surface area contributed by atoms with Crippen LogP contribution in [0.2, 0.25) is 0 Å². The summed E-state index contributed by atoms with van der Waals surface area (Å²) in [4.78, 5) is 0. The molecule has 0 amide bonds. The predicted molar refractivity (Wildman–Crippen MR) is 51.0 cm³/mol. The van der Waals surface area contributed by atoms with E-state index in [4.69, 9.17) is 5.11 Å². The van der Waals surface area contributed by atoms with Crippen molar-refractivity contribution in [1.29, 1.82) is 0 Å². The van der Waals surface area contributed by atoms with E-state index in [0.29, 0.717) is 12.0 Å². The van der Waals surface area contributed by atoms with Crippen LogP contribution in [0.5, 0.6) is 0 Å². The Morgan fingerprint density at radius 1 is 1.45 bits per heavy atom. The van der Waals surface area contributed by atoms with Crippen molar-refractivity contribution in [2.45, 2.75) is 32.6 Å². The summed E-state index contributed by atoms with van der Waals surface area (Å²) < 4.78 is 0. The molecule has 1 rings (SSSR count). The zero-order valence-electron chi connectivity index (χ0n) is 7.31. The first kappa shape index (κ1) is 9.40. The molecule has 1 aliphatic rings. The molecule has 0 atom stereocenters. The molecule has 0 unspecified atom stereocenters. The third-order valence-electron chi connectivity index (χ3n) is 2.73. The fourth-order valence-corrected chi connectivity index (χ4v) is 2.46. The minimum Gasteiger partial charge on any atom is -0.396 e. The monoisotopic (exact) mass is 174 g/mol. The molecule has 0 aliphatic heterocycles. The molecule has 0 spiro atoms. The Labute approximate surface area is 73.6 Å². The lowest BCUT2D eigenvalue weighted by Crippen LogP contribution is -2.33. The molecule has 0 aromatic heterocycles. The molecule has 1 aliphatic carbocycles. The Bertz CT molecular complexity index is 105. The summed E-state index contributed by atoms with van der Waals surface area (Å²) >= 11 is 1.99. The van der Waals surface area contributed by atoms with Crippen LogP contribution in [-0.2, 0) is 0 Å². The van der Waals surface area contributed by atoms with E-state index in [0.717, 1.165) is 0 Å². The second kappa shape index (κ2) is 4.36. The Morgan fingerprint density at radius 3 is 2.55 bits per heavy atom. The molecular weight excluding hydrogens is 156 g/mol. The largest absolute Gasteiger partial charge is 0.396 e. The summed E-state index contributed by atoms with van der Waals surface area (Å²) in [6.07, 6.45) is 5.07. The van der Waals surface area contributed by atoms with Crippen LogP contribution in [0.25, 0.3) is 0 Å². The molecule has 1 saturated carbocycles. The molecule has 11 heavy (non-hydrogen) atoms. The van der Waals surface area contributed by atoms with E-state index in [1.54, 1.807) is 0 Å². The van der Waals surface area contributed by atoms with Crippen LogP contribution in [-0.4, -0.2) is 23.2 Å². The van der Waals surface area contributed by atoms with Gasteiger partial charge in [0.2, 0.25) is 0 Å². The molecule has 0 radical (unpaired) electrons. The highest BCUT2D eigenvalue weighted by Crippen LogP contribution is 2.43. The van der Waals surface area contributed by atoms with Crippen LogP contribution in [0.3, 0.4) is 0 Å². The van der Waals surface area contributed by atoms with Gasteiger partial charge in [-0.3, -0.25) is 0 Å². The van der Waals surface area contributed by atoms with Gasteiger partial charge in [-0.2, -0.15) is 11.8 Å². The summed E-state index contributed by atoms with van der Waals surface area (Å²) in [5.41, 5.74) is 0.349. The van der Waals surface area contributed by atoms with Crippen LogP contribution in [0.1, 0.15) is 32.6 Å². The molecule has 1 N–H and O–H groups in total. The van der Waals surface area contributed by atoms with Crippen molar-refractivity contribution < 1.29 is 5.11 Å². The summed E-state index contributed by atoms with van der Waals surface area (Å²) in [5, 5.41) is 9.13. The van der Waals surface area contributed by atoms with Gasteiger partial charge < -0.3 is 5.11 Å². The van der Waals surface area contributed by atoms with Crippen LogP contribution < -0.4 is 0 Å². The topological polar surface area (TPSA) is 20.2 Å². The molecule has 2 heteroatoms. The number of aliphatic hydroxyl groups excluding tert-OH is 1. The maximum atomic E-state index is 9.13. The third-order valence-corrected chi connectivity index (χ3v) is 3.63. The van der Waals surface area contributed by atoms with Crippen molar-refractivity contribution in [3.63, 3.8) is 0 Å². The first-order valence-electron chi connectivity index (χ1n) is 4.51. The Morgan fingerprint density at radius 2 is 2.18 bits per heavy atom. The van der Waals surface area contributed by atoms with Gasteiger partial charge in [-0.25, -0.2) is 0 Å². The fourth-order valence-electron chi connectivity index (χ4n) is 1.60. The van der Waals surface area contributed by atoms with E-state index in [9.17, 15) is 0 Å². The highest BCUT2D eigenvalue weighted by atomic mass is 32.2. The van der Waals surface area contributed by atoms with Crippen molar-refractivity contribution in [2.75, 3.05) is 18.1 Å². The van der Waals surface area contributed by atoms with E-state index < -0.39 is 0 Å². The van der Waals surface area contributed by atoms with Gasteiger partial charge in [0, 0.05) is 6.61 Å². The second-order valence-corrected chi connectivity index (χ2v) is 4.85. The van der Waals surface area contributed by atoms with E-state index in [-0.39, 0.29) is 0 Å². The van der Waals surface area contributed by atoms with Crippen LogP contribution in [0.15, 0.2) is 0 Å². The Kier molecular flexibility index (Phi) is 3.73. The molecular formula is C9H18OS. The molecule has 0 aromatic carbocycles. The van der Waals surface area contributed by atoms with Crippen molar-refractivity contribution >= 4 is 11.8 Å². The molecule has 0 bridgehead atoms. The van der Waals surface area contributed by atoms with E-state index in [1.165, 1.54) is 37.2 Å². The molecule has 1 fully saturated rings. The van der Waals surface area contributed by atoms with Crippen molar-refractivity contribution in [2.24, 2.45) is 5.41 Å². The smallest absolute Gasteiger partial charge is 0.0487 e. The normalized spacial score (nSPS) is 21.3. The number of aliphatic hydroxyl groups is 1. The molecule has 0 saturated heterocycles. The number of thioether (sulfide) groups is 1. The van der Waals surface area contributed by atoms with Gasteiger partial charge >= 0.3 is 0 Å². The quantitative estimate of drug-likeness (QED) is 0.645. The average molecular weight is 174 g/mol. The summed E-state index contributed by atoms with van der Waals surface area (Å²) in [6.45, 7) is 2.61. The number of hydrogen-bond donors (Lipinski definition) is 1. The van der Waals surface area contributed by atoms with Crippen molar-refractivity contribution in [3.8, 4) is 0 Å². The van der Waals surface area contributed by atoms with E-state index in [2.05, 4.69) is 6.92 Å². The van der Waals surface area contributed by atoms with Gasteiger partial charge in [0.15, 0.2) is 0 Å². The minimum atomic E-state index is 0.349. The SMILES string of the molecule is CCSCCC1(CO)CCC1. The molecule has 1 nitrogen and oxygen atoms in total. The third kappa shape index (κ3) is 2.38. The fraction of sp³-hybridized carbons (Fsp3) is 1.00. The van der Waals surface area contributed by atoms with Gasteiger partial charge in [0.05, 0.1) is 0 Å². The highest BCUT2D eigenvalue weighted by molar-refractivity contribution is 7.99. The van der Waals surface area contributed by atoms with E-state index >= 15 is 0 Å². The first-order chi connectivity index (χ1) is 5.33. The van der Waals surface area contributed by atoms with Crippen molar-refractivity contribution in [1.82, 2.24) is 0 Å². The first-order valence-corrected chi connectivity index (χ1v) is 5.67. The number of rotatable bonds is 5. The van der Waals surface area contributed by atoms with Crippen LogP contribution >= 0.6 is 11.8 Å². The van der Waals surface area contributed by atoms with Crippen LogP contribution in [0, 0.1) is 5.41 Å². The van der Waals surface area contributed by atoms with Crippen LogP contribution in [0.4, 0.5) is 0 Å². The van der Waals surface area contributed by atoms with Gasteiger partial charge in [-0.15, -0.1) is 0 Å². The summed E-state index contributed by atoms with van der Waals surface area (Å²) in [5.74, 6) is 2.44.